The van der Waals surface area contributed by atoms with Gasteiger partial charge in [-0.2, -0.15) is 4.31 Å². The van der Waals surface area contributed by atoms with E-state index >= 15 is 0 Å². The van der Waals surface area contributed by atoms with Gasteiger partial charge in [0, 0.05) is 44.0 Å². The highest BCUT2D eigenvalue weighted by Crippen LogP contribution is 2.12. The van der Waals surface area contributed by atoms with E-state index in [0.29, 0.717) is 6.54 Å². The summed E-state index contributed by atoms with van der Waals surface area (Å²) in [5.74, 6) is -0.753. The Bertz CT molecular complexity index is 813. The number of pyridine rings is 1. The van der Waals surface area contributed by atoms with Crippen LogP contribution < -0.4 is 5.32 Å². The second-order valence-electron chi connectivity index (χ2n) is 5.57. The molecule has 1 heterocycles. The molecule has 2 aromatic rings. The van der Waals surface area contributed by atoms with Crippen LogP contribution in [-0.2, 0) is 27.9 Å². The zero-order valence-corrected chi connectivity index (χ0v) is 14.7. The fourth-order valence-corrected chi connectivity index (χ4v) is 2.99. The second-order valence-corrected chi connectivity index (χ2v) is 7.55. The number of sulfonamides is 1. The van der Waals surface area contributed by atoms with Crippen LogP contribution in [-0.4, -0.2) is 36.4 Å². The van der Waals surface area contributed by atoms with Gasteiger partial charge in [0.1, 0.15) is 5.82 Å². The number of nitrogens with one attached hydrogen (secondary N) is 1. The van der Waals surface area contributed by atoms with Gasteiger partial charge in [0.05, 0.1) is 6.26 Å². The lowest BCUT2D eigenvalue weighted by atomic mass is 10.2. The number of nitrogens with zero attached hydrogens (tertiary/aromatic N) is 2. The molecule has 6 nitrogen and oxygen atoms in total. The molecule has 0 aliphatic heterocycles. The van der Waals surface area contributed by atoms with E-state index < -0.39 is 15.8 Å². The van der Waals surface area contributed by atoms with Crippen LogP contribution in [0.25, 0.3) is 0 Å². The lowest BCUT2D eigenvalue weighted by Crippen LogP contribution is -2.34. The summed E-state index contributed by atoms with van der Waals surface area (Å²) in [5.41, 5.74) is 1.17. The van der Waals surface area contributed by atoms with Crippen LogP contribution in [0.2, 0.25) is 0 Å². The summed E-state index contributed by atoms with van der Waals surface area (Å²) >= 11 is 0. The smallest absolute Gasteiger partial charge is 0.221 e. The zero-order chi connectivity index (χ0) is 18.3. The quantitative estimate of drug-likeness (QED) is 0.772. The molecule has 1 aromatic heterocycles. The van der Waals surface area contributed by atoms with E-state index in [0.717, 1.165) is 16.1 Å². The molecule has 1 N–H and O–H groups in total. The van der Waals surface area contributed by atoms with Crippen LogP contribution in [0, 0.1) is 5.82 Å². The van der Waals surface area contributed by atoms with Crippen LogP contribution in [0.4, 0.5) is 4.39 Å². The van der Waals surface area contributed by atoms with Crippen molar-refractivity contribution < 1.29 is 17.6 Å². The number of halogens is 1. The van der Waals surface area contributed by atoms with Crippen LogP contribution >= 0.6 is 0 Å². The van der Waals surface area contributed by atoms with Crippen molar-refractivity contribution >= 4 is 15.9 Å². The van der Waals surface area contributed by atoms with E-state index in [9.17, 15) is 17.6 Å². The standard InChI is InChI=1S/C17H20FN3O3S/c1-25(23,24)21(13-15-4-2-3-5-16(15)18)11-8-17(22)20-12-14-6-9-19-10-7-14/h2-7,9-10H,8,11-13H2,1H3,(H,20,22). The van der Waals surface area contributed by atoms with Gasteiger partial charge in [-0.25, -0.2) is 12.8 Å². The van der Waals surface area contributed by atoms with Gasteiger partial charge in [-0.3, -0.25) is 9.78 Å². The first-order chi connectivity index (χ1) is 11.9. The van der Waals surface area contributed by atoms with E-state index in [-0.39, 0.29) is 31.0 Å². The lowest BCUT2D eigenvalue weighted by Gasteiger charge is -2.20. The number of benzene rings is 1. The van der Waals surface area contributed by atoms with E-state index in [1.54, 1.807) is 30.6 Å². The molecule has 0 radical (unpaired) electrons. The molecule has 0 spiro atoms. The van der Waals surface area contributed by atoms with Crippen LogP contribution in [0.5, 0.6) is 0 Å². The van der Waals surface area contributed by atoms with Crippen molar-refractivity contribution in [1.29, 1.82) is 0 Å². The Balaban J connectivity index is 1.92. The Morgan fingerprint density at radius 1 is 1.20 bits per heavy atom. The molecule has 1 amide bonds. The second kappa shape index (κ2) is 8.68. The highest BCUT2D eigenvalue weighted by Gasteiger charge is 2.19. The number of rotatable bonds is 8. The maximum atomic E-state index is 13.7. The minimum Gasteiger partial charge on any atom is -0.352 e. The third-order valence-electron chi connectivity index (χ3n) is 3.60. The van der Waals surface area contributed by atoms with E-state index in [1.807, 2.05) is 0 Å². The topological polar surface area (TPSA) is 79.4 Å². The predicted octanol–water partition coefficient (Wildman–Crippen LogP) is 1.69. The van der Waals surface area contributed by atoms with E-state index in [1.165, 1.54) is 18.2 Å². The average Bonchev–Trinajstić information content (AvgIpc) is 2.58. The van der Waals surface area contributed by atoms with Crippen LogP contribution in [0.1, 0.15) is 17.5 Å². The number of hydrogen-bond acceptors (Lipinski definition) is 4. The summed E-state index contributed by atoms with van der Waals surface area (Å²) in [6.45, 7) is 0.214. The van der Waals surface area contributed by atoms with Gasteiger partial charge in [0.2, 0.25) is 15.9 Å². The maximum absolute atomic E-state index is 13.7. The fraction of sp³-hybridized carbons (Fsp3) is 0.294. The minimum atomic E-state index is -3.56. The third-order valence-corrected chi connectivity index (χ3v) is 4.85. The molecule has 134 valence electrons. The van der Waals surface area contributed by atoms with Crippen molar-refractivity contribution in [2.24, 2.45) is 0 Å². The maximum Gasteiger partial charge on any atom is 0.221 e. The highest BCUT2D eigenvalue weighted by molar-refractivity contribution is 7.88. The normalized spacial score (nSPS) is 11.5. The zero-order valence-electron chi connectivity index (χ0n) is 13.9. The Hall–Kier alpha value is -2.32. The first-order valence-corrected chi connectivity index (χ1v) is 9.55. The Kier molecular flexibility index (Phi) is 6.60. The molecule has 0 unspecified atom stereocenters. The third kappa shape index (κ3) is 6.24. The molecule has 25 heavy (non-hydrogen) atoms. The number of carbonyl (C=O) groups is 1. The summed E-state index contributed by atoms with van der Waals surface area (Å²) < 4.78 is 38.6. The Morgan fingerprint density at radius 3 is 2.52 bits per heavy atom. The minimum absolute atomic E-state index is 0.00734. The van der Waals surface area contributed by atoms with Gasteiger partial charge in [0.15, 0.2) is 0 Å². The molecular formula is C17H20FN3O3S. The van der Waals surface area contributed by atoms with Gasteiger partial charge >= 0.3 is 0 Å². The van der Waals surface area contributed by atoms with Crippen LogP contribution in [0.3, 0.4) is 0 Å². The molecular weight excluding hydrogens is 345 g/mol. The molecule has 1 aromatic carbocycles. The van der Waals surface area contributed by atoms with Crippen LogP contribution in [0.15, 0.2) is 48.8 Å². The van der Waals surface area contributed by atoms with Gasteiger partial charge < -0.3 is 5.32 Å². The van der Waals surface area contributed by atoms with Gasteiger partial charge in [-0.1, -0.05) is 18.2 Å². The lowest BCUT2D eigenvalue weighted by molar-refractivity contribution is -0.121. The number of hydrogen-bond donors (Lipinski definition) is 1. The summed E-state index contributed by atoms with van der Waals surface area (Å²) in [6.07, 6.45) is 4.29. The molecule has 8 heteroatoms. The first kappa shape index (κ1) is 19.0. The van der Waals surface area contributed by atoms with Crippen molar-refractivity contribution in [3.8, 4) is 0 Å². The monoisotopic (exact) mass is 365 g/mol. The predicted molar refractivity (Wildman–Crippen MR) is 92.4 cm³/mol. The molecule has 0 saturated carbocycles. The number of aromatic nitrogens is 1. The van der Waals surface area contributed by atoms with E-state index in [4.69, 9.17) is 0 Å². The molecule has 0 saturated heterocycles. The molecule has 0 aliphatic rings. The summed E-state index contributed by atoms with van der Waals surface area (Å²) in [7, 11) is -3.56. The molecule has 0 bridgehead atoms. The SMILES string of the molecule is CS(=O)(=O)N(CCC(=O)NCc1ccncc1)Cc1ccccc1F. The summed E-state index contributed by atoms with van der Waals surface area (Å²) in [5, 5.41) is 2.72. The van der Waals surface area contributed by atoms with Gasteiger partial charge in [0.25, 0.3) is 0 Å². The fourth-order valence-electron chi connectivity index (χ4n) is 2.19. The number of carbonyl (C=O) groups excluding carboxylic acids is 1. The molecule has 0 aliphatic carbocycles. The average molecular weight is 365 g/mol. The largest absolute Gasteiger partial charge is 0.352 e. The number of amides is 1. The Morgan fingerprint density at radius 2 is 1.88 bits per heavy atom. The molecule has 2 rings (SSSR count). The summed E-state index contributed by atoms with van der Waals surface area (Å²) in [6, 6.07) is 9.53. The molecule has 0 fully saturated rings. The van der Waals surface area contributed by atoms with Crippen molar-refractivity contribution in [2.75, 3.05) is 12.8 Å². The summed E-state index contributed by atoms with van der Waals surface area (Å²) in [4.78, 5) is 15.8. The van der Waals surface area contributed by atoms with Gasteiger partial charge in [-0.05, 0) is 23.8 Å². The van der Waals surface area contributed by atoms with Crippen molar-refractivity contribution in [1.82, 2.24) is 14.6 Å². The highest BCUT2D eigenvalue weighted by atomic mass is 32.2. The van der Waals surface area contributed by atoms with Gasteiger partial charge in [-0.15, -0.1) is 0 Å². The molecule has 0 atom stereocenters. The van der Waals surface area contributed by atoms with Crippen molar-refractivity contribution in [3.63, 3.8) is 0 Å². The van der Waals surface area contributed by atoms with Crippen molar-refractivity contribution in [2.45, 2.75) is 19.5 Å². The Labute approximate surface area is 146 Å². The van der Waals surface area contributed by atoms with E-state index in [2.05, 4.69) is 10.3 Å². The first-order valence-electron chi connectivity index (χ1n) is 7.70. The van der Waals surface area contributed by atoms with Crippen molar-refractivity contribution in [3.05, 3.63) is 65.7 Å².